The predicted octanol–water partition coefficient (Wildman–Crippen LogP) is 3.43. The van der Waals surface area contributed by atoms with Gasteiger partial charge in [-0.05, 0) is 44.2 Å². The Morgan fingerprint density at radius 1 is 1.12 bits per heavy atom. The summed E-state index contributed by atoms with van der Waals surface area (Å²) in [7, 11) is 1.61. The number of ether oxygens (including phenoxy) is 3. The summed E-state index contributed by atoms with van der Waals surface area (Å²) < 4.78 is 16.5. The van der Waals surface area contributed by atoms with E-state index in [9.17, 15) is 4.79 Å². The first-order valence-electron chi connectivity index (χ1n) is 8.37. The van der Waals surface area contributed by atoms with Gasteiger partial charge in [0.25, 0.3) is 5.91 Å². The number of hydrogen-bond donors (Lipinski definition) is 1. The molecule has 5 heteroatoms. The van der Waals surface area contributed by atoms with Gasteiger partial charge in [0.1, 0.15) is 18.1 Å². The van der Waals surface area contributed by atoms with E-state index in [1.165, 1.54) is 0 Å². The third kappa shape index (κ3) is 5.80. The maximum Gasteiger partial charge on any atom is 0.251 e. The van der Waals surface area contributed by atoms with E-state index in [-0.39, 0.29) is 11.9 Å². The van der Waals surface area contributed by atoms with Gasteiger partial charge in [-0.1, -0.05) is 18.2 Å². The third-order valence-corrected chi connectivity index (χ3v) is 3.55. The van der Waals surface area contributed by atoms with Crippen LogP contribution < -0.4 is 14.8 Å². The van der Waals surface area contributed by atoms with Crippen LogP contribution in [-0.4, -0.2) is 32.3 Å². The van der Waals surface area contributed by atoms with Gasteiger partial charge in [0.15, 0.2) is 0 Å². The second-order valence-corrected chi connectivity index (χ2v) is 5.69. The monoisotopic (exact) mass is 343 g/mol. The van der Waals surface area contributed by atoms with Gasteiger partial charge in [0.2, 0.25) is 0 Å². The van der Waals surface area contributed by atoms with Crippen molar-refractivity contribution in [1.29, 1.82) is 0 Å². The van der Waals surface area contributed by atoms with Crippen molar-refractivity contribution in [3.8, 4) is 11.5 Å². The van der Waals surface area contributed by atoms with Gasteiger partial charge in [-0.2, -0.15) is 0 Å². The number of para-hydroxylation sites is 1. The van der Waals surface area contributed by atoms with Crippen molar-refractivity contribution in [3.05, 3.63) is 59.7 Å². The van der Waals surface area contributed by atoms with Crippen molar-refractivity contribution < 1.29 is 19.0 Å². The molecule has 1 N–H and O–H groups in total. The molecule has 0 spiro atoms. The zero-order chi connectivity index (χ0) is 18.1. The summed E-state index contributed by atoms with van der Waals surface area (Å²) in [5, 5.41) is 2.90. The molecule has 5 nitrogen and oxygen atoms in total. The number of rotatable bonds is 9. The molecule has 0 aliphatic heterocycles. The summed E-state index contributed by atoms with van der Waals surface area (Å²) in [4.78, 5) is 12.4. The van der Waals surface area contributed by atoms with E-state index < -0.39 is 0 Å². The largest absolute Gasteiger partial charge is 0.493 e. The van der Waals surface area contributed by atoms with E-state index in [0.717, 1.165) is 17.1 Å². The highest BCUT2D eigenvalue weighted by Crippen LogP contribution is 2.23. The molecule has 134 valence electrons. The maximum absolute atomic E-state index is 12.4. The van der Waals surface area contributed by atoms with Gasteiger partial charge in [0.05, 0.1) is 13.2 Å². The molecular formula is C20H25NO4. The first kappa shape index (κ1) is 18.8. The van der Waals surface area contributed by atoms with Crippen LogP contribution in [0.15, 0.2) is 48.5 Å². The molecule has 2 rings (SSSR count). The summed E-state index contributed by atoms with van der Waals surface area (Å²) >= 11 is 0. The minimum Gasteiger partial charge on any atom is -0.493 e. The lowest BCUT2D eigenvalue weighted by Gasteiger charge is -2.15. The Balaban J connectivity index is 2.13. The molecule has 2 aromatic rings. The van der Waals surface area contributed by atoms with Gasteiger partial charge in [-0.3, -0.25) is 4.79 Å². The molecule has 0 radical (unpaired) electrons. The SMILES string of the molecule is CCOc1ccc(C(=O)N[C@H](C)COC)cc1COc1ccccc1. The number of nitrogens with one attached hydrogen (secondary N) is 1. The van der Waals surface area contributed by atoms with Crippen LogP contribution in [0, 0.1) is 0 Å². The van der Waals surface area contributed by atoms with Gasteiger partial charge in [-0.25, -0.2) is 0 Å². The van der Waals surface area contributed by atoms with Crippen molar-refractivity contribution >= 4 is 5.91 Å². The Bertz CT molecular complexity index is 673. The highest BCUT2D eigenvalue weighted by atomic mass is 16.5. The highest BCUT2D eigenvalue weighted by Gasteiger charge is 2.13. The second-order valence-electron chi connectivity index (χ2n) is 5.69. The minimum atomic E-state index is -0.145. The molecule has 1 amide bonds. The van der Waals surface area contributed by atoms with Crippen LogP contribution in [0.25, 0.3) is 0 Å². The molecule has 0 bridgehead atoms. The summed E-state index contributed by atoms with van der Waals surface area (Å²) in [6, 6.07) is 14.9. The number of methoxy groups -OCH3 is 1. The molecule has 0 fully saturated rings. The molecule has 0 aromatic heterocycles. The molecule has 1 atom stereocenters. The van der Waals surface area contributed by atoms with Crippen LogP contribution >= 0.6 is 0 Å². The number of carbonyl (C=O) groups excluding carboxylic acids is 1. The Hall–Kier alpha value is -2.53. The van der Waals surface area contributed by atoms with Crippen LogP contribution in [0.1, 0.15) is 29.8 Å². The standard InChI is InChI=1S/C20H25NO4/c1-4-24-19-11-10-16(20(22)21-15(2)13-23-3)12-17(19)14-25-18-8-6-5-7-9-18/h5-12,15H,4,13-14H2,1-3H3,(H,21,22)/t15-/m1/s1. The van der Waals surface area contributed by atoms with Crippen LogP contribution in [0.4, 0.5) is 0 Å². The van der Waals surface area contributed by atoms with Gasteiger partial charge < -0.3 is 19.5 Å². The van der Waals surface area contributed by atoms with E-state index >= 15 is 0 Å². The Kier molecular flexibility index (Phi) is 7.29. The Morgan fingerprint density at radius 2 is 1.88 bits per heavy atom. The van der Waals surface area contributed by atoms with Crippen LogP contribution in [0.3, 0.4) is 0 Å². The zero-order valence-corrected chi connectivity index (χ0v) is 15.0. The van der Waals surface area contributed by atoms with Crippen LogP contribution in [-0.2, 0) is 11.3 Å². The highest BCUT2D eigenvalue weighted by molar-refractivity contribution is 5.94. The van der Waals surface area contributed by atoms with Crippen LogP contribution in [0.2, 0.25) is 0 Å². The van der Waals surface area contributed by atoms with Gasteiger partial charge in [0, 0.05) is 24.3 Å². The van der Waals surface area contributed by atoms with E-state index in [1.54, 1.807) is 13.2 Å². The third-order valence-electron chi connectivity index (χ3n) is 3.55. The van der Waals surface area contributed by atoms with E-state index in [1.807, 2.05) is 56.3 Å². The topological polar surface area (TPSA) is 56.8 Å². The van der Waals surface area contributed by atoms with Gasteiger partial charge in [-0.15, -0.1) is 0 Å². The first-order chi connectivity index (χ1) is 12.1. The lowest BCUT2D eigenvalue weighted by molar-refractivity contribution is 0.0905. The lowest BCUT2D eigenvalue weighted by Crippen LogP contribution is -2.35. The van der Waals surface area contributed by atoms with E-state index in [2.05, 4.69) is 5.32 Å². The van der Waals surface area contributed by atoms with Crippen molar-refractivity contribution in [2.45, 2.75) is 26.5 Å². The van der Waals surface area contributed by atoms with Crippen molar-refractivity contribution in [2.24, 2.45) is 0 Å². The summed E-state index contributed by atoms with van der Waals surface area (Å²) in [6.45, 7) is 5.17. The zero-order valence-electron chi connectivity index (χ0n) is 15.0. The number of hydrogen-bond acceptors (Lipinski definition) is 4. The van der Waals surface area contributed by atoms with E-state index in [0.29, 0.717) is 25.4 Å². The second kappa shape index (κ2) is 9.69. The Labute approximate surface area is 148 Å². The maximum atomic E-state index is 12.4. The molecule has 0 unspecified atom stereocenters. The van der Waals surface area contributed by atoms with Crippen molar-refractivity contribution in [3.63, 3.8) is 0 Å². The summed E-state index contributed by atoms with van der Waals surface area (Å²) in [5.41, 5.74) is 1.40. The fourth-order valence-corrected chi connectivity index (χ4v) is 2.41. The Morgan fingerprint density at radius 3 is 2.56 bits per heavy atom. The normalized spacial score (nSPS) is 11.6. The molecule has 25 heavy (non-hydrogen) atoms. The smallest absolute Gasteiger partial charge is 0.251 e. The molecule has 0 aliphatic carbocycles. The van der Waals surface area contributed by atoms with Crippen molar-refractivity contribution in [1.82, 2.24) is 5.32 Å². The number of benzene rings is 2. The molecule has 0 aliphatic rings. The average molecular weight is 343 g/mol. The first-order valence-corrected chi connectivity index (χ1v) is 8.37. The molecule has 0 saturated carbocycles. The molecule has 0 heterocycles. The number of carbonyl (C=O) groups is 1. The molecular weight excluding hydrogens is 318 g/mol. The molecule has 0 saturated heterocycles. The molecule has 2 aromatic carbocycles. The summed E-state index contributed by atoms with van der Waals surface area (Å²) in [6.07, 6.45) is 0. The predicted molar refractivity (Wildman–Crippen MR) is 97.2 cm³/mol. The van der Waals surface area contributed by atoms with E-state index in [4.69, 9.17) is 14.2 Å². The van der Waals surface area contributed by atoms with Crippen LogP contribution in [0.5, 0.6) is 11.5 Å². The van der Waals surface area contributed by atoms with Crippen molar-refractivity contribution in [2.75, 3.05) is 20.3 Å². The minimum absolute atomic E-state index is 0.0620. The summed E-state index contributed by atoms with van der Waals surface area (Å²) in [5.74, 6) is 1.35. The lowest BCUT2D eigenvalue weighted by atomic mass is 10.1. The fraction of sp³-hybridized carbons (Fsp3) is 0.350. The number of amides is 1. The fourth-order valence-electron chi connectivity index (χ4n) is 2.41. The quantitative estimate of drug-likeness (QED) is 0.758. The van der Waals surface area contributed by atoms with Gasteiger partial charge >= 0.3 is 0 Å². The average Bonchev–Trinajstić information content (AvgIpc) is 2.62.